The summed E-state index contributed by atoms with van der Waals surface area (Å²) in [5.41, 5.74) is 1.53. The highest BCUT2D eigenvalue weighted by Crippen LogP contribution is 2.16. The van der Waals surface area contributed by atoms with E-state index in [2.05, 4.69) is 12.2 Å². The van der Waals surface area contributed by atoms with Crippen LogP contribution in [0.5, 0.6) is 0 Å². The van der Waals surface area contributed by atoms with Gasteiger partial charge in [-0.05, 0) is 31.0 Å². The lowest BCUT2D eigenvalue weighted by Gasteiger charge is -2.10. The topological polar surface area (TPSA) is 29.1 Å². The van der Waals surface area contributed by atoms with Gasteiger partial charge >= 0.3 is 0 Å². The van der Waals surface area contributed by atoms with Gasteiger partial charge in [-0.3, -0.25) is 4.79 Å². The Balaban J connectivity index is 2.55. The first-order valence-corrected chi connectivity index (χ1v) is 6.54. The normalized spacial score (nSPS) is 12.2. The molecule has 0 radical (unpaired) electrons. The average Bonchev–Trinajstić information content (AvgIpc) is 2.30. The van der Waals surface area contributed by atoms with Crippen LogP contribution in [0.1, 0.15) is 35.7 Å². The Morgan fingerprint density at radius 3 is 2.76 bits per heavy atom. The number of rotatable bonds is 5. The average molecular weight is 274 g/mol. The van der Waals surface area contributed by atoms with E-state index >= 15 is 0 Å². The molecule has 1 amide bonds. The molecule has 0 fully saturated rings. The maximum atomic E-state index is 11.8. The van der Waals surface area contributed by atoms with Gasteiger partial charge in [-0.2, -0.15) is 0 Å². The molecule has 0 saturated carbocycles. The second-order valence-corrected chi connectivity index (χ2v) is 5.08. The molecule has 1 rings (SSSR count). The largest absolute Gasteiger partial charge is 0.351 e. The first kappa shape index (κ1) is 14.3. The molecule has 2 nitrogen and oxygen atoms in total. The van der Waals surface area contributed by atoms with Gasteiger partial charge in [0.05, 0.1) is 5.38 Å². The van der Waals surface area contributed by atoms with Crippen molar-refractivity contribution in [2.24, 2.45) is 0 Å². The number of hydrogen-bond acceptors (Lipinski definition) is 1. The van der Waals surface area contributed by atoms with E-state index in [9.17, 15) is 4.79 Å². The van der Waals surface area contributed by atoms with Gasteiger partial charge in [-0.1, -0.05) is 31.0 Å². The van der Waals surface area contributed by atoms with E-state index in [1.165, 1.54) is 0 Å². The van der Waals surface area contributed by atoms with Crippen molar-refractivity contribution >= 4 is 29.1 Å². The fourth-order valence-corrected chi connectivity index (χ4v) is 1.93. The minimum absolute atomic E-state index is 0.00938. The molecule has 0 spiro atoms. The van der Waals surface area contributed by atoms with Crippen molar-refractivity contribution in [2.75, 3.05) is 6.54 Å². The van der Waals surface area contributed by atoms with Crippen molar-refractivity contribution < 1.29 is 4.79 Å². The highest BCUT2D eigenvalue weighted by atomic mass is 35.5. The number of aryl methyl sites for hydroxylation is 1. The number of carbonyl (C=O) groups is 1. The number of nitrogens with one attached hydrogen (secondary N) is 1. The van der Waals surface area contributed by atoms with Gasteiger partial charge in [0.25, 0.3) is 5.91 Å². The van der Waals surface area contributed by atoms with Crippen LogP contribution >= 0.6 is 23.2 Å². The highest BCUT2D eigenvalue weighted by Gasteiger charge is 2.09. The Kier molecular flexibility index (Phi) is 5.79. The van der Waals surface area contributed by atoms with E-state index in [4.69, 9.17) is 23.2 Å². The predicted molar refractivity (Wildman–Crippen MR) is 73.1 cm³/mol. The van der Waals surface area contributed by atoms with Crippen molar-refractivity contribution in [1.29, 1.82) is 0 Å². The molecule has 0 aliphatic rings. The van der Waals surface area contributed by atoms with Crippen molar-refractivity contribution in [3.05, 3.63) is 34.3 Å². The van der Waals surface area contributed by atoms with E-state index < -0.39 is 0 Å². The Hall–Kier alpha value is -0.730. The zero-order valence-electron chi connectivity index (χ0n) is 10.1. The summed E-state index contributed by atoms with van der Waals surface area (Å²) < 4.78 is 0. The van der Waals surface area contributed by atoms with Crippen LogP contribution in [0.25, 0.3) is 0 Å². The number of amides is 1. The molecule has 4 heteroatoms. The molecular weight excluding hydrogens is 257 g/mol. The molecule has 94 valence electrons. The molecule has 1 N–H and O–H groups in total. The third-order valence-corrected chi connectivity index (χ3v) is 3.30. The summed E-state index contributed by atoms with van der Waals surface area (Å²) in [5, 5.41) is 3.40. The number of carbonyl (C=O) groups excluding carboxylic acids is 1. The number of alkyl halides is 1. The van der Waals surface area contributed by atoms with Gasteiger partial charge in [0.1, 0.15) is 0 Å². The lowest BCUT2D eigenvalue weighted by Crippen LogP contribution is -2.29. The van der Waals surface area contributed by atoms with Crippen molar-refractivity contribution in [1.82, 2.24) is 5.32 Å². The smallest absolute Gasteiger partial charge is 0.251 e. The maximum Gasteiger partial charge on any atom is 0.251 e. The summed E-state index contributed by atoms with van der Waals surface area (Å²) in [6.45, 7) is 4.46. The van der Waals surface area contributed by atoms with Crippen LogP contribution in [0, 0.1) is 6.92 Å². The quantitative estimate of drug-likeness (QED) is 0.813. The summed E-state index contributed by atoms with van der Waals surface area (Å²) in [7, 11) is 0. The van der Waals surface area contributed by atoms with E-state index in [-0.39, 0.29) is 11.3 Å². The van der Waals surface area contributed by atoms with Crippen LogP contribution in [0.2, 0.25) is 5.02 Å². The first-order valence-electron chi connectivity index (χ1n) is 5.73. The second-order valence-electron chi connectivity index (χ2n) is 4.06. The molecule has 0 bridgehead atoms. The molecular formula is C13H17Cl2NO. The Bertz CT molecular complexity index is 393. The van der Waals surface area contributed by atoms with E-state index in [0.29, 0.717) is 17.1 Å². The van der Waals surface area contributed by atoms with Gasteiger partial charge in [0.2, 0.25) is 0 Å². The number of benzene rings is 1. The first-order chi connectivity index (χ1) is 8.04. The van der Waals surface area contributed by atoms with Crippen molar-refractivity contribution in [3.63, 3.8) is 0 Å². The molecule has 1 atom stereocenters. The minimum Gasteiger partial charge on any atom is -0.351 e. The molecule has 0 aliphatic heterocycles. The highest BCUT2D eigenvalue weighted by molar-refractivity contribution is 6.31. The molecule has 1 unspecified atom stereocenters. The zero-order chi connectivity index (χ0) is 12.8. The number of halogens is 2. The van der Waals surface area contributed by atoms with Crippen LogP contribution in [-0.2, 0) is 0 Å². The third kappa shape index (κ3) is 4.57. The molecule has 1 aromatic carbocycles. The van der Waals surface area contributed by atoms with Crippen LogP contribution in [0.4, 0.5) is 0 Å². The number of hydrogen-bond donors (Lipinski definition) is 1. The zero-order valence-corrected chi connectivity index (χ0v) is 11.6. The van der Waals surface area contributed by atoms with Crippen molar-refractivity contribution in [2.45, 2.75) is 32.1 Å². The summed E-state index contributed by atoms with van der Waals surface area (Å²) >= 11 is 12.0. The van der Waals surface area contributed by atoms with Gasteiger partial charge < -0.3 is 5.32 Å². The Morgan fingerprint density at radius 2 is 2.18 bits per heavy atom. The van der Waals surface area contributed by atoms with Gasteiger partial charge in [0.15, 0.2) is 0 Å². The molecule has 1 aromatic rings. The van der Waals surface area contributed by atoms with Crippen LogP contribution in [0.15, 0.2) is 18.2 Å². The summed E-state index contributed by atoms with van der Waals surface area (Å²) in [6.07, 6.45) is 1.91. The summed E-state index contributed by atoms with van der Waals surface area (Å²) in [5.74, 6) is -0.131. The summed E-state index contributed by atoms with van der Waals surface area (Å²) in [4.78, 5) is 11.8. The van der Waals surface area contributed by atoms with Crippen LogP contribution < -0.4 is 5.32 Å². The lowest BCUT2D eigenvalue weighted by atomic mass is 10.1. The Morgan fingerprint density at radius 1 is 1.47 bits per heavy atom. The van der Waals surface area contributed by atoms with E-state index in [1.807, 2.05) is 13.0 Å². The minimum atomic E-state index is -0.131. The molecule has 0 saturated heterocycles. The van der Waals surface area contributed by atoms with Gasteiger partial charge in [0, 0.05) is 17.1 Å². The standard InChI is InChI=1S/C13H17Cl2NO/c1-3-4-11(14)8-16-13(17)10-6-5-9(2)12(15)7-10/h5-7,11H,3-4,8H2,1-2H3,(H,16,17). The lowest BCUT2D eigenvalue weighted by molar-refractivity contribution is 0.0953. The third-order valence-electron chi connectivity index (χ3n) is 2.52. The molecule has 0 aliphatic carbocycles. The van der Waals surface area contributed by atoms with Crippen molar-refractivity contribution in [3.8, 4) is 0 Å². The van der Waals surface area contributed by atoms with E-state index in [1.54, 1.807) is 12.1 Å². The fourth-order valence-electron chi connectivity index (χ4n) is 1.45. The van der Waals surface area contributed by atoms with Crippen LogP contribution in [0.3, 0.4) is 0 Å². The molecule has 17 heavy (non-hydrogen) atoms. The Labute approximate surface area is 112 Å². The predicted octanol–water partition coefficient (Wildman–Crippen LogP) is 3.79. The van der Waals surface area contributed by atoms with Gasteiger partial charge in [-0.15, -0.1) is 11.6 Å². The van der Waals surface area contributed by atoms with E-state index in [0.717, 1.165) is 18.4 Å². The molecule has 0 aromatic heterocycles. The van der Waals surface area contributed by atoms with Crippen LogP contribution in [-0.4, -0.2) is 17.8 Å². The SMILES string of the molecule is CCCC(Cl)CNC(=O)c1ccc(C)c(Cl)c1. The fraction of sp³-hybridized carbons (Fsp3) is 0.462. The monoisotopic (exact) mass is 273 g/mol. The second kappa shape index (κ2) is 6.87. The maximum absolute atomic E-state index is 11.8. The van der Waals surface area contributed by atoms with Gasteiger partial charge in [-0.25, -0.2) is 0 Å². The summed E-state index contributed by atoms with van der Waals surface area (Å²) in [6, 6.07) is 5.27. The molecule has 0 heterocycles.